The predicted molar refractivity (Wildman–Crippen MR) is 213 cm³/mol. The highest BCUT2D eigenvalue weighted by molar-refractivity contribution is 6.31. The van der Waals surface area contributed by atoms with E-state index in [0.29, 0.717) is 11.5 Å². The molecule has 8 aromatic carbocycles. The van der Waals surface area contributed by atoms with E-state index in [1.807, 2.05) is 0 Å². The highest BCUT2D eigenvalue weighted by Gasteiger charge is 2.61. The normalized spacial score (nSPS) is 18.3. The average Bonchev–Trinajstić information content (AvgIpc) is 3.64. The Bertz CT molecular complexity index is 3010. The molecular formula is C50H30N2O. The van der Waals surface area contributed by atoms with Crippen LogP contribution in [0.5, 0.6) is 0 Å². The van der Waals surface area contributed by atoms with Crippen LogP contribution in [0.4, 0.5) is 0 Å². The minimum Gasteiger partial charge on any atom is -0.437 e. The lowest BCUT2D eigenvalue weighted by molar-refractivity contribution is 0.533. The number of aromatic nitrogens is 2. The zero-order chi connectivity index (χ0) is 34.7. The van der Waals surface area contributed by atoms with Crippen LogP contribution in [0.25, 0.3) is 54.9 Å². The molecule has 0 spiro atoms. The molecule has 2 bridgehead atoms. The molecule has 0 saturated heterocycles. The standard InChI is InChI=1S/C50H30N2O/c1-3-17-31(18-4-1)45-44-43-35-23-9-7-21-33(35)34-22-8-10-24-36(34)46(43)53-47(44)52-48(51-45)50-40-28-14-11-25-37(40)49(32-19-5-2-6-20-32,38-26-12-15-29-41(38)50)39-27-13-16-30-42(39)50/h1-30H. The first-order valence-electron chi connectivity index (χ1n) is 18.3. The van der Waals surface area contributed by atoms with Gasteiger partial charge in [-0.1, -0.05) is 182 Å². The van der Waals surface area contributed by atoms with Crippen LogP contribution in [0.2, 0.25) is 0 Å². The molecule has 13 rings (SSSR count). The molecule has 0 unspecified atom stereocenters. The van der Waals surface area contributed by atoms with Gasteiger partial charge in [0.15, 0.2) is 5.82 Å². The zero-order valence-electron chi connectivity index (χ0n) is 28.6. The Kier molecular flexibility index (Phi) is 5.64. The fourth-order valence-corrected chi connectivity index (χ4v) is 10.1. The Labute approximate surface area is 305 Å². The average molecular weight is 675 g/mol. The van der Waals surface area contributed by atoms with E-state index in [0.717, 1.165) is 43.8 Å². The van der Waals surface area contributed by atoms with Gasteiger partial charge < -0.3 is 4.42 Å². The summed E-state index contributed by atoms with van der Waals surface area (Å²) in [5.74, 6) is 0.713. The van der Waals surface area contributed by atoms with E-state index in [2.05, 4.69) is 182 Å². The third kappa shape index (κ3) is 3.45. The highest BCUT2D eigenvalue weighted by atomic mass is 16.3. The van der Waals surface area contributed by atoms with Crippen LogP contribution in [0.15, 0.2) is 186 Å². The number of furan rings is 1. The summed E-state index contributed by atoms with van der Waals surface area (Å²) >= 11 is 0. The predicted octanol–water partition coefficient (Wildman–Crippen LogP) is 11.7. The van der Waals surface area contributed by atoms with Crippen molar-refractivity contribution in [1.82, 2.24) is 9.97 Å². The van der Waals surface area contributed by atoms with Crippen molar-refractivity contribution in [1.29, 1.82) is 0 Å². The summed E-state index contributed by atoms with van der Waals surface area (Å²) in [5.41, 5.74) is 10.7. The van der Waals surface area contributed by atoms with E-state index in [1.165, 1.54) is 44.3 Å². The number of rotatable bonds is 3. The molecule has 0 aliphatic heterocycles. The number of hydrogen-bond acceptors (Lipinski definition) is 3. The Hall–Kier alpha value is -6.84. The van der Waals surface area contributed by atoms with Crippen LogP contribution in [-0.2, 0) is 10.8 Å². The van der Waals surface area contributed by atoms with Gasteiger partial charge in [-0.3, -0.25) is 0 Å². The maximum atomic E-state index is 7.07. The molecule has 2 aromatic heterocycles. The molecule has 3 nitrogen and oxygen atoms in total. The van der Waals surface area contributed by atoms with E-state index in [4.69, 9.17) is 14.4 Å². The van der Waals surface area contributed by atoms with E-state index >= 15 is 0 Å². The van der Waals surface area contributed by atoms with Gasteiger partial charge in [-0.05, 0) is 55.1 Å². The lowest BCUT2D eigenvalue weighted by atomic mass is 9.45. The number of nitrogens with zero attached hydrogens (tertiary/aromatic N) is 2. The Balaban J connectivity index is 1.29. The molecule has 10 aromatic rings. The van der Waals surface area contributed by atoms with Gasteiger partial charge in [0.05, 0.1) is 16.5 Å². The van der Waals surface area contributed by atoms with Crippen molar-refractivity contribution in [2.75, 3.05) is 0 Å². The molecule has 53 heavy (non-hydrogen) atoms. The quantitative estimate of drug-likeness (QED) is 0.175. The van der Waals surface area contributed by atoms with Crippen molar-refractivity contribution in [2.24, 2.45) is 0 Å². The smallest absolute Gasteiger partial charge is 0.231 e. The summed E-state index contributed by atoms with van der Waals surface area (Å²) in [6.07, 6.45) is 0. The molecule has 0 saturated carbocycles. The lowest BCUT2D eigenvalue weighted by Crippen LogP contribution is -2.52. The second-order valence-corrected chi connectivity index (χ2v) is 14.3. The monoisotopic (exact) mass is 674 g/mol. The Morgan fingerprint density at radius 3 is 1.36 bits per heavy atom. The summed E-state index contributed by atoms with van der Waals surface area (Å²) < 4.78 is 7.07. The van der Waals surface area contributed by atoms with Crippen molar-refractivity contribution in [2.45, 2.75) is 10.8 Å². The largest absolute Gasteiger partial charge is 0.437 e. The van der Waals surface area contributed by atoms with Crippen LogP contribution in [0.1, 0.15) is 44.8 Å². The first-order chi connectivity index (χ1) is 26.3. The fraction of sp³-hybridized carbons (Fsp3) is 0.0400. The molecule has 3 aliphatic rings. The summed E-state index contributed by atoms with van der Waals surface area (Å²) in [6, 6.07) is 65.6. The molecular weight excluding hydrogens is 645 g/mol. The second kappa shape index (κ2) is 10.4. The molecule has 0 atom stereocenters. The van der Waals surface area contributed by atoms with Crippen LogP contribution in [0.3, 0.4) is 0 Å². The van der Waals surface area contributed by atoms with Crippen molar-refractivity contribution in [3.05, 3.63) is 227 Å². The molecule has 0 amide bonds. The molecule has 3 aliphatic carbocycles. The topological polar surface area (TPSA) is 38.9 Å². The highest BCUT2D eigenvalue weighted by Crippen LogP contribution is 2.65. The summed E-state index contributed by atoms with van der Waals surface area (Å²) in [4.78, 5) is 11.4. The zero-order valence-corrected chi connectivity index (χ0v) is 28.6. The first kappa shape index (κ1) is 28.8. The third-order valence-corrected chi connectivity index (χ3v) is 12.0. The molecule has 2 heterocycles. The summed E-state index contributed by atoms with van der Waals surface area (Å²) in [7, 11) is 0. The SMILES string of the molecule is c1ccc(-c2nc(C34c5ccccc5C(c5ccccc5)(c5ccccc53)c3ccccc34)nc3oc4c5ccccc5c5ccccc5c4c23)cc1. The lowest BCUT2D eigenvalue weighted by Gasteiger charge is -2.56. The molecule has 3 heteroatoms. The van der Waals surface area contributed by atoms with Gasteiger partial charge in [0.25, 0.3) is 0 Å². The number of hydrogen-bond donors (Lipinski definition) is 0. The third-order valence-electron chi connectivity index (χ3n) is 12.0. The summed E-state index contributed by atoms with van der Waals surface area (Å²) in [6.45, 7) is 0. The van der Waals surface area contributed by atoms with Crippen molar-refractivity contribution < 1.29 is 4.42 Å². The van der Waals surface area contributed by atoms with Gasteiger partial charge >= 0.3 is 0 Å². The maximum absolute atomic E-state index is 7.07. The van der Waals surface area contributed by atoms with Crippen molar-refractivity contribution in [3.63, 3.8) is 0 Å². The van der Waals surface area contributed by atoms with Gasteiger partial charge in [0.2, 0.25) is 5.71 Å². The number of fused-ring (bicyclic) bond motifs is 8. The minimum atomic E-state index is -0.804. The van der Waals surface area contributed by atoms with E-state index in [1.54, 1.807) is 0 Å². The van der Waals surface area contributed by atoms with Crippen molar-refractivity contribution in [3.8, 4) is 11.3 Å². The van der Waals surface area contributed by atoms with Gasteiger partial charge in [-0.15, -0.1) is 0 Å². The molecule has 246 valence electrons. The first-order valence-corrected chi connectivity index (χ1v) is 18.3. The number of benzene rings is 8. The van der Waals surface area contributed by atoms with Crippen LogP contribution in [-0.4, -0.2) is 9.97 Å². The second-order valence-electron chi connectivity index (χ2n) is 14.3. The Morgan fingerprint density at radius 1 is 0.358 bits per heavy atom. The van der Waals surface area contributed by atoms with Gasteiger partial charge in [0, 0.05) is 16.3 Å². The van der Waals surface area contributed by atoms with Gasteiger partial charge in [-0.25, -0.2) is 4.98 Å². The maximum Gasteiger partial charge on any atom is 0.231 e. The van der Waals surface area contributed by atoms with Crippen LogP contribution < -0.4 is 0 Å². The van der Waals surface area contributed by atoms with E-state index in [9.17, 15) is 0 Å². The molecule has 0 fully saturated rings. The molecule has 0 N–H and O–H groups in total. The molecule has 0 radical (unpaired) electrons. The Morgan fingerprint density at radius 2 is 0.792 bits per heavy atom. The van der Waals surface area contributed by atoms with E-state index in [-0.39, 0.29) is 0 Å². The summed E-state index contributed by atoms with van der Waals surface area (Å²) in [5, 5.41) is 6.55. The van der Waals surface area contributed by atoms with E-state index < -0.39 is 10.8 Å². The van der Waals surface area contributed by atoms with Crippen LogP contribution >= 0.6 is 0 Å². The van der Waals surface area contributed by atoms with Gasteiger partial charge in [-0.2, -0.15) is 4.98 Å². The van der Waals surface area contributed by atoms with Gasteiger partial charge in [0.1, 0.15) is 11.0 Å². The van der Waals surface area contributed by atoms with Crippen molar-refractivity contribution >= 4 is 43.6 Å². The van der Waals surface area contributed by atoms with Crippen LogP contribution in [0, 0.1) is 0 Å². The fourth-order valence-electron chi connectivity index (χ4n) is 10.1. The minimum absolute atomic E-state index is 0.504.